The van der Waals surface area contributed by atoms with Gasteiger partial charge in [-0.05, 0) is 72.5 Å². The highest BCUT2D eigenvalue weighted by molar-refractivity contribution is 7.92. The molecule has 8 nitrogen and oxygen atoms in total. The van der Waals surface area contributed by atoms with Gasteiger partial charge in [0.25, 0.3) is 10.0 Å². The van der Waals surface area contributed by atoms with E-state index in [4.69, 9.17) is 16.3 Å². The number of carbonyl (C=O) groups excluding carboxylic acids is 2. The molecule has 5 rings (SSSR count). The Kier molecular flexibility index (Phi) is 11.0. The molecular weight excluding hydrogens is 622 g/mol. The highest BCUT2D eigenvalue weighted by Crippen LogP contribution is 2.27. The zero-order valence-electron chi connectivity index (χ0n) is 25.7. The minimum atomic E-state index is -4.18. The van der Waals surface area contributed by atoms with Gasteiger partial charge in [0.1, 0.15) is 18.3 Å². The number of methoxy groups -OCH3 is 1. The highest BCUT2D eigenvalue weighted by Gasteiger charge is 2.35. The van der Waals surface area contributed by atoms with Gasteiger partial charge in [-0.1, -0.05) is 85.1 Å². The van der Waals surface area contributed by atoms with Crippen molar-refractivity contribution in [3.8, 4) is 5.75 Å². The summed E-state index contributed by atoms with van der Waals surface area (Å²) >= 11 is 6.17. The Morgan fingerprint density at radius 2 is 1.46 bits per heavy atom. The van der Waals surface area contributed by atoms with Crippen molar-refractivity contribution in [2.45, 2.75) is 55.6 Å². The second kappa shape index (κ2) is 15.3. The van der Waals surface area contributed by atoms with Crippen LogP contribution in [0, 0.1) is 0 Å². The molecule has 240 valence electrons. The lowest BCUT2D eigenvalue weighted by molar-refractivity contribution is -0.140. The highest BCUT2D eigenvalue weighted by atomic mass is 35.5. The van der Waals surface area contributed by atoms with E-state index < -0.39 is 28.5 Å². The molecule has 0 spiro atoms. The number of sulfonamides is 1. The molecule has 2 amide bonds. The number of anilines is 1. The molecule has 0 aromatic heterocycles. The molecule has 0 aliphatic heterocycles. The van der Waals surface area contributed by atoms with Crippen LogP contribution in [0.5, 0.6) is 5.75 Å². The fourth-order valence-corrected chi connectivity index (χ4v) is 7.27. The Hall–Kier alpha value is -4.34. The summed E-state index contributed by atoms with van der Waals surface area (Å²) in [6, 6.07) is 30.2. The SMILES string of the molecule is COc1ccc(N(CC(=O)N(Cc2ccc(Cl)cc2)[C@@H](Cc2ccccc2)C(=O)NC2CCCC2)S(=O)(=O)c2ccccc2)cc1. The van der Waals surface area contributed by atoms with Crippen molar-refractivity contribution in [1.29, 1.82) is 0 Å². The van der Waals surface area contributed by atoms with E-state index in [2.05, 4.69) is 5.32 Å². The largest absolute Gasteiger partial charge is 0.497 e. The third kappa shape index (κ3) is 8.27. The van der Waals surface area contributed by atoms with E-state index in [1.807, 2.05) is 30.3 Å². The number of hydrogen-bond donors (Lipinski definition) is 1. The molecule has 0 unspecified atom stereocenters. The Morgan fingerprint density at radius 3 is 2.07 bits per heavy atom. The summed E-state index contributed by atoms with van der Waals surface area (Å²) in [6.07, 6.45) is 4.10. The van der Waals surface area contributed by atoms with Crippen molar-refractivity contribution in [1.82, 2.24) is 10.2 Å². The molecule has 0 heterocycles. The molecular formula is C36H38ClN3O5S. The first-order chi connectivity index (χ1) is 22.2. The van der Waals surface area contributed by atoms with Crippen molar-refractivity contribution in [2.24, 2.45) is 0 Å². The van der Waals surface area contributed by atoms with Crippen LogP contribution in [0.3, 0.4) is 0 Å². The van der Waals surface area contributed by atoms with Gasteiger partial charge in [-0.3, -0.25) is 13.9 Å². The fraction of sp³-hybridized carbons (Fsp3) is 0.278. The number of benzene rings is 4. The Balaban J connectivity index is 1.55. The van der Waals surface area contributed by atoms with Crippen molar-refractivity contribution in [3.05, 3.63) is 125 Å². The van der Waals surface area contributed by atoms with Crippen LogP contribution in [0.15, 0.2) is 114 Å². The summed E-state index contributed by atoms with van der Waals surface area (Å²) < 4.78 is 34.6. The molecule has 1 fully saturated rings. The molecule has 4 aromatic rings. The first-order valence-corrected chi connectivity index (χ1v) is 17.2. The number of nitrogens with one attached hydrogen (secondary N) is 1. The van der Waals surface area contributed by atoms with Crippen molar-refractivity contribution < 1.29 is 22.7 Å². The number of hydrogen-bond acceptors (Lipinski definition) is 5. The molecule has 46 heavy (non-hydrogen) atoms. The van der Waals surface area contributed by atoms with Crippen molar-refractivity contribution in [2.75, 3.05) is 18.0 Å². The molecule has 1 aliphatic rings. The summed E-state index contributed by atoms with van der Waals surface area (Å²) in [7, 11) is -2.65. The van der Waals surface area contributed by atoms with Crippen LogP contribution in [-0.4, -0.2) is 50.9 Å². The number of amides is 2. The molecule has 0 radical (unpaired) electrons. The van der Waals surface area contributed by atoms with Gasteiger partial charge in [-0.25, -0.2) is 8.42 Å². The van der Waals surface area contributed by atoms with Crippen LogP contribution in [0.1, 0.15) is 36.8 Å². The van der Waals surface area contributed by atoms with E-state index in [9.17, 15) is 18.0 Å². The van der Waals surface area contributed by atoms with Gasteiger partial charge in [0.15, 0.2) is 0 Å². The van der Waals surface area contributed by atoms with Gasteiger partial charge in [-0.2, -0.15) is 0 Å². The zero-order valence-corrected chi connectivity index (χ0v) is 27.3. The molecule has 4 aromatic carbocycles. The lowest BCUT2D eigenvalue weighted by atomic mass is 10.0. The summed E-state index contributed by atoms with van der Waals surface area (Å²) in [5.74, 6) is -0.240. The van der Waals surface area contributed by atoms with Gasteiger partial charge in [0.2, 0.25) is 11.8 Å². The lowest BCUT2D eigenvalue weighted by Crippen LogP contribution is -2.54. The molecule has 10 heteroatoms. The van der Waals surface area contributed by atoms with Gasteiger partial charge < -0.3 is 15.0 Å². The maximum absolute atomic E-state index is 14.6. The first kappa shape index (κ1) is 33.0. The Labute approximate surface area is 276 Å². The second-order valence-corrected chi connectivity index (χ2v) is 13.7. The van der Waals surface area contributed by atoms with Crippen LogP contribution in [0.4, 0.5) is 5.69 Å². The summed E-state index contributed by atoms with van der Waals surface area (Å²) in [5, 5.41) is 3.73. The normalized spacial score (nSPS) is 14.0. The van der Waals surface area contributed by atoms with E-state index in [1.54, 1.807) is 66.7 Å². The number of ether oxygens (including phenoxy) is 1. The Morgan fingerprint density at radius 1 is 0.848 bits per heavy atom. The van der Waals surface area contributed by atoms with Gasteiger partial charge in [0.05, 0.1) is 17.7 Å². The van der Waals surface area contributed by atoms with Gasteiger partial charge in [0, 0.05) is 24.0 Å². The van der Waals surface area contributed by atoms with Crippen LogP contribution in [-0.2, 0) is 32.6 Å². The molecule has 1 atom stereocenters. The summed E-state index contributed by atoms with van der Waals surface area (Å²) in [4.78, 5) is 30.2. The molecule has 1 N–H and O–H groups in total. The minimum absolute atomic E-state index is 0.0347. The second-order valence-electron chi connectivity index (χ2n) is 11.4. The van der Waals surface area contributed by atoms with E-state index in [-0.39, 0.29) is 29.8 Å². The average molecular weight is 660 g/mol. The summed E-state index contributed by atoms with van der Waals surface area (Å²) in [6.45, 7) is -0.452. The number of carbonyl (C=O) groups is 2. The zero-order chi connectivity index (χ0) is 32.5. The molecule has 1 aliphatic carbocycles. The maximum atomic E-state index is 14.6. The predicted octanol–water partition coefficient (Wildman–Crippen LogP) is 6.24. The number of halogens is 1. The smallest absolute Gasteiger partial charge is 0.264 e. The quantitative estimate of drug-likeness (QED) is 0.183. The fourth-order valence-electron chi connectivity index (χ4n) is 5.70. The number of rotatable bonds is 13. The van der Waals surface area contributed by atoms with Crippen molar-refractivity contribution in [3.63, 3.8) is 0 Å². The van der Waals surface area contributed by atoms with E-state index >= 15 is 0 Å². The van der Waals surface area contributed by atoms with E-state index in [0.29, 0.717) is 16.5 Å². The van der Waals surface area contributed by atoms with Crippen LogP contribution in [0.2, 0.25) is 5.02 Å². The third-order valence-corrected chi connectivity index (χ3v) is 10.2. The van der Waals surface area contributed by atoms with Gasteiger partial charge in [-0.15, -0.1) is 0 Å². The topological polar surface area (TPSA) is 96.0 Å². The Bertz CT molecular complexity index is 1700. The average Bonchev–Trinajstić information content (AvgIpc) is 3.60. The van der Waals surface area contributed by atoms with Crippen molar-refractivity contribution >= 4 is 39.1 Å². The minimum Gasteiger partial charge on any atom is -0.497 e. The lowest BCUT2D eigenvalue weighted by Gasteiger charge is -2.34. The van der Waals surface area contributed by atoms with E-state index in [0.717, 1.165) is 41.1 Å². The molecule has 0 bridgehead atoms. The first-order valence-electron chi connectivity index (χ1n) is 15.3. The molecule has 0 saturated heterocycles. The third-order valence-electron chi connectivity index (χ3n) is 8.21. The van der Waals surface area contributed by atoms with Gasteiger partial charge >= 0.3 is 0 Å². The van der Waals surface area contributed by atoms with E-state index in [1.165, 1.54) is 24.1 Å². The summed E-state index contributed by atoms with van der Waals surface area (Å²) in [5.41, 5.74) is 1.93. The van der Waals surface area contributed by atoms with Crippen LogP contribution < -0.4 is 14.4 Å². The standard InChI is InChI=1S/C36H38ClN3O5S/c1-45-32-22-20-31(21-23-32)40(46(43,44)33-14-6-3-7-15-33)26-35(41)39(25-28-16-18-29(37)19-17-28)34(24-27-10-4-2-5-11-27)36(42)38-30-12-8-9-13-30/h2-7,10-11,14-23,30,34H,8-9,12-13,24-26H2,1H3,(H,38,42)/t34-/m0/s1. The van der Waals surface area contributed by atoms with Crippen LogP contribution in [0.25, 0.3) is 0 Å². The monoisotopic (exact) mass is 659 g/mol. The molecule has 1 saturated carbocycles. The maximum Gasteiger partial charge on any atom is 0.264 e. The predicted molar refractivity (Wildman–Crippen MR) is 180 cm³/mol. The van der Waals surface area contributed by atoms with Crippen LogP contribution >= 0.6 is 11.6 Å². The number of nitrogens with zero attached hydrogens (tertiary/aromatic N) is 2.